The average Bonchev–Trinajstić information content (AvgIpc) is 2.37. The maximum absolute atomic E-state index is 13.3. The fourth-order valence-corrected chi connectivity index (χ4v) is 2.75. The van der Waals surface area contributed by atoms with E-state index in [4.69, 9.17) is 5.26 Å². The summed E-state index contributed by atoms with van der Waals surface area (Å²) in [7, 11) is -3.19. The number of rotatable bonds is 7. The summed E-state index contributed by atoms with van der Waals surface area (Å²) < 4.78 is 37.5. The maximum Gasteiger partial charge on any atom is 0.211 e. The van der Waals surface area contributed by atoms with Crippen molar-refractivity contribution in [2.24, 2.45) is 0 Å². The Labute approximate surface area is 119 Å². The molecule has 0 unspecified atom stereocenters. The summed E-state index contributed by atoms with van der Waals surface area (Å²) in [6.45, 7) is 3.04. The predicted octanol–water partition coefficient (Wildman–Crippen LogP) is 1.78. The number of halogens is 1. The Kier molecular flexibility index (Phi) is 5.92. The first kappa shape index (κ1) is 16.4. The van der Waals surface area contributed by atoms with E-state index in [0.717, 1.165) is 0 Å². The van der Waals surface area contributed by atoms with E-state index in [-0.39, 0.29) is 5.56 Å². The fourth-order valence-electron chi connectivity index (χ4n) is 1.82. The van der Waals surface area contributed by atoms with Crippen molar-refractivity contribution in [3.8, 4) is 6.07 Å². The first-order valence-corrected chi connectivity index (χ1v) is 8.12. The van der Waals surface area contributed by atoms with Gasteiger partial charge >= 0.3 is 0 Å². The Bertz CT molecular complexity index is 596. The second kappa shape index (κ2) is 7.22. The van der Waals surface area contributed by atoms with Crippen molar-refractivity contribution in [3.05, 3.63) is 29.6 Å². The van der Waals surface area contributed by atoms with Crippen LogP contribution in [0.3, 0.4) is 0 Å². The monoisotopic (exact) mass is 299 g/mol. The highest BCUT2D eigenvalue weighted by Crippen LogP contribution is 2.17. The molecular weight excluding hydrogens is 281 g/mol. The van der Waals surface area contributed by atoms with Crippen LogP contribution in [0.25, 0.3) is 0 Å². The van der Waals surface area contributed by atoms with Crippen LogP contribution in [-0.2, 0) is 10.0 Å². The van der Waals surface area contributed by atoms with Crippen molar-refractivity contribution in [2.45, 2.75) is 13.3 Å². The topological polar surface area (TPSA) is 73.2 Å². The van der Waals surface area contributed by atoms with Crippen molar-refractivity contribution < 1.29 is 12.8 Å². The van der Waals surface area contributed by atoms with Crippen LogP contribution < -0.4 is 5.32 Å². The Hall–Kier alpha value is -1.65. The minimum atomic E-state index is -3.19. The van der Waals surface area contributed by atoms with Gasteiger partial charge in [0.15, 0.2) is 0 Å². The summed E-state index contributed by atoms with van der Waals surface area (Å²) >= 11 is 0. The van der Waals surface area contributed by atoms with E-state index in [1.54, 1.807) is 19.1 Å². The standard InChI is InChI=1S/C13H18FN3O2S/c1-3-17(20(2,18)19)9-5-8-16-13-7-4-6-12(14)11(13)10-15/h4,6-7,16H,3,5,8-9H2,1-2H3. The Morgan fingerprint density at radius 3 is 2.70 bits per heavy atom. The van der Waals surface area contributed by atoms with Crippen molar-refractivity contribution in [3.63, 3.8) is 0 Å². The van der Waals surface area contributed by atoms with E-state index < -0.39 is 15.8 Å². The molecule has 0 aromatic heterocycles. The van der Waals surface area contributed by atoms with Gasteiger partial charge in [-0.15, -0.1) is 0 Å². The average molecular weight is 299 g/mol. The molecule has 0 aliphatic heterocycles. The Morgan fingerprint density at radius 1 is 1.45 bits per heavy atom. The molecule has 1 N–H and O–H groups in total. The van der Waals surface area contributed by atoms with Crippen LogP contribution in [0.1, 0.15) is 18.9 Å². The van der Waals surface area contributed by atoms with E-state index in [9.17, 15) is 12.8 Å². The smallest absolute Gasteiger partial charge is 0.211 e. The zero-order valence-electron chi connectivity index (χ0n) is 11.6. The van der Waals surface area contributed by atoms with Gasteiger partial charge in [-0.3, -0.25) is 0 Å². The lowest BCUT2D eigenvalue weighted by molar-refractivity contribution is 0.429. The van der Waals surface area contributed by atoms with E-state index in [2.05, 4.69) is 5.32 Å². The molecule has 0 bridgehead atoms. The van der Waals surface area contributed by atoms with Gasteiger partial charge in [-0.2, -0.15) is 5.26 Å². The molecule has 0 fully saturated rings. The fraction of sp³-hybridized carbons (Fsp3) is 0.462. The highest BCUT2D eigenvalue weighted by Gasteiger charge is 2.13. The molecule has 0 spiro atoms. The van der Waals surface area contributed by atoms with Crippen LogP contribution in [0.2, 0.25) is 0 Å². The molecule has 1 aromatic rings. The molecule has 0 aliphatic rings. The molecule has 1 aromatic carbocycles. The van der Waals surface area contributed by atoms with Crippen LogP contribution in [-0.4, -0.2) is 38.6 Å². The lowest BCUT2D eigenvalue weighted by Gasteiger charge is -2.18. The van der Waals surface area contributed by atoms with Gasteiger partial charge in [0, 0.05) is 19.6 Å². The molecule has 0 atom stereocenters. The summed E-state index contributed by atoms with van der Waals surface area (Å²) in [5.74, 6) is -0.566. The molecule has 0 saturated carbocycles. The first-order chi connectivity index (χ1) is 9.40. The number of hydrogen-bond acceptors (Lipinski definition) is 4. The quantitative estimate of drug-likeness (QED) is 0.779. The van der Waals surface area contributed by atoms with Gasteiger partial charge < -0.3 is 5.32 Å². The number of benzene rings is 1. The number of sulfonamides is 1. The van der Waals surface area contributed by atoms with E-state index in [1.165, 1.54) is 22.7 Å². The molecule has 0 aliphatic carbocycles. The maximum atomic E-state index is 13.3. The molecule has 1 rings (SSSR count). The molecular formula is C13H18FN3O2S. The van der Waals surface area contributed by atoms with E-state index in [0.29, 0.717) is 31.7 Å². The Morgan fingerprint density at radius 2 is 2.15 bits per heavy atom. The summed E-state index contributed by atoms with van der Waals surface area (Å²) in [4.78, 5) is 0. The summed E-state index contributed by atoms with van der Waals surface area (Å²) in [5.41, 5.74) is 0.401. The normalized spacial score (nSPS) is 11.3. The van der Waals surface area contributed by atoms with Gasteiger partial charge in [-0.1, -0.05) is 13.0 Å². The molecule has 5 nitrogen and oxygen atoms in total. The SMILES string of the molecule is CCN(CCCNc1cccc(F)c1C#N)S(C)(=O)=O. The molecule has 0 saturated heterocycles. The molecule has 20 heavy (non-hydrogen) atoms. The third-order valence-electron chi connectivity index (χ3n) is 2.85. The zero-order chi connectivity index (χ0) is 15.2. The lowest BCUT2D eigenvalue weighted by atomic mass is 10.2. The highest BCUT2D eigenvalue weighted by atomic mass is 32.2. The summed E-state index contributed by atoms with van der Waals surface area (Å²) in [6.07, 6.45) is 1.74. The van der Waals surface area contributed by atoms with Crippen LogP contribution in [0, 0.1) is 17.1 Å². The van der Waals surface area contributed by atoms with Gasteiger partial charge in [0.2, 0.25) is 10.0 Å². The van der Waals surface area contributed by atoms with Gasteiger partial charge in [-0.25, -0.2) is 17.1 Å². The van der Waals surface area contributed by atoms with E-state index in [1.807, 2.05) is 0 Å². The minimum Gasteiger partial charge on any atom is -0.384 e. The van der Waals surface area contributed by atoms with Crippen LogP contribution in [0.4, 0.5) is 10.1 Å². The van der Waals surface area contributed by atoms with Gasteiger partial charge in [0.1, 0.15) is 17.4 Å². The second-order valence-electron chi connectivity index (χ2n) is 4.31. The Balaban J connectivity index is 2.54. The largest absolute Gasteiger partial charge is 0.384 e. The molecule has 7 heteroatoms. The van der Waals surface area contributed by atoms with Gasteiger partial charge in [-0.05, 0) is 18.6 Å². The number of anilines is 1. The minimum absolute atomic E-state index is 0.0250. The predicted molar refractivity (Wildman–Crippen MR) is 76.3 cm³/mol. The van der Waals surface area contributed by atoms with Crippen molar-refractivity contribution >= 4 is 15.7 Å². The van der Waals surface area contributed by atoms with Crippen molar-refractivity contribution in [1.82, 2.24) is 4.31 Å². The molecule has 110 valence electrons. The van der Waals surface area contributed by atoms with Crippen LogP contribution >= 0.6 is 0 Å². The van der Waals surface area contributed by atoms with Crippen LogP contribution in [0.15, 0.2) is 18.2 Å². The lowest BCUT2D eigenvalue weighted by Crippen LogP contribution is -2.31. The van der Waals surface area contributed by atoms with Gasteiger partial charge in [0.25, 0.3) is 0 Å². The number of nitrogens with one attached hydrogen (secondary N) is 1. The van der Waals surface area contributed by atoms with Gasteiger partial charge in [0.05, 0.1) is 11.9 Å². The zero-order valence-corrected chi connectivity index (χ0v) is 12.4. The number of hydrogen-bond donors (Lipinski definition) is 1. The third-order valence-corrected chi connectivity index (χ3v) is 4.23. The number of nitriles is 1. The third kappa shape index (κ3) is 4.47. The van der Waals surface area contributed by atoms with E-state index >= 15 is 0 Å². The molecule has 0 radical (unpaired) electrons. The highest BCUT2D eigenvalue weighted by molar-refractivity contribution is 7.88. The number of nitrogens with zero attached hydrogens (tertiary/aromatic N) is 2. The van der Waals surface area contributed by atoms with Crippen LogP contribution in [0.5, 0.6) is 0 Å². The first-order valence-electron chi connectivity index (χ1n) is 6.27. The van der Waals surface area contributed by atoms with Crippen molar-refractivity contribution in [1.29, 1.82) is 5.26 Å². The second-order valence-corrected chi connectivity index (χ2v) is 6.29. The molecule has 0 amide bonds. The van der Waals surface area contributed by atoms with Crippen molar-refractivity contribution in [2.75, 3.05) is 31.2 Å². The molecule has 0 heterocycles. The summed E-state index contributed by atoms with van der Waals surface area (Å²) in [6, 6.07) is 6.18. The summed E-state index contributed by atoms with van der Waals surface area (Å²) in [5, 5.41) is 11.8.